The number of nitrogens with zero attached hydrogens (tertiary/aromatic N) is 3. The largest absolute Gasteiger partial charge is 0.456 e. The van der Waals surface area contributed by atoms with E-state index in [4.69, 9.17) is 16.3 Å². The van der Waals surface area contributed by atoms with Crippen LogP contribution in [0.15, 0.2) is 73.3 Å². The number of rotatable bonds is 4. The molecule has 0 aliphatic carbocycles. The van der Waals surface area contributed by atoms with E-state index in [2.05, 4.69) is 28.3 Å². The summed E-state index contributed by atoms with van der Waals surface area (Å²) < 4.78 is 7.94. The summed E-state index contributed by atoms with van der Waals surface area (Å²) in [5.41, 5.74) is 0.945. The summed E-state index contributed by atoms with van der Waals surface area (Å²) in [4.78, 5) is 3.97. The van der Waals surface area contributed by atoms with Crippen molar-refractivity contribution in [2.24, 2.45) is 0 Å². The van der Waals surface area contributed by atoms with Crippen LogP contribution in [0.25, 0.3) is 10.8 Å². The standard InChI is InChI=1S/C19H14ClN3O/c20-16-8-9-18(15(10-16)11-23-13-21-12-22-23)24-19-7-3-5-14-4-1-2-6-17(14)19/h1-10,12-13H,11H2. The first-order valence-electron chi connectivity index (χ1n) is 7.56. The first kappa shape index (κ1) is 14.7. The Bertz CT molecular complexity index is 978. The Balaban J connectivity index is 1.73. The summed E-state index contributed by atoms with van der Waals surface area (Å²) in [7, 11) is 0. The smallest absolute Gasteiger partial charge is 0.137 e. The Labute approximate surface area is 144 Å². The molecule has 5 heteroatoms. The molecule has 1 heterocycles. The zero-order valence-corrected chi connectivity index (χ0v) is 13.5. The number of ether oxygens (including phenoxy) is 1. The molecule has 24 heavy (non-hydrogen) atoms. The van der Waals surface area contributed by atoms with E-state index in [1.54, 1.807) is 11.0 Å². The lowest BCUT2D eigenvalue weighted by Gasteiger charge is -2.13. The average Bonchev–Trinajstić information content (AvgIpc) is 3.11. The fraction of sp³-hybridized carbons (Fsp3) is 0.0526. The second-order valence-corrected chi connectivity index (χ2v) is 5.86. The van der Waals surface area contributed by atoms with Gasteiger partial charge in [0.05, 0.1) is 6.54 Å². The zero-order valence-electron chi connectivity index (χ0n) is 12.8. The van der Waals surface area contributed by atoms with E-state index in [1.165, 1.54) is 6.33 Å². The van der Waals surface area contributed by atoms with Crippen molar-refractivity contribution in [2.45, 2.75) is 6.54 Å². The molecule has 0 bridgehead atoms. The highest BCUT2D eigenvalue weighted by molar-refractivity contribution is 6.30. The molecule has 0 N–H and O–H groups in total. The van der Waals surface area contributed by atoms with Crippen molar-refractivity contribution in [3.63, 3.8) is 0 Å². The molecule has 0 radical (unpaired) electrons. The van der Waals surface area contributed by atoms with Gasteiger partial charge in [0.25, 0.3) is 0 Å². The van der Waals surface area contributed by atoms with Crippen LogP contribution in [0.2, 0.25) is 5.02 Å². The minimum absolute atomic E-state index is 0.542. The van der Waals surface area contributed by atoms with Gasteiger partial charge in [0.1, 0.15) is 24.2 Å². The van der Waals surface area contributed by atoms with Crippen LogP contribution in [0, 0.1) is 0 Å². The molecule has 4 rings (SSSR count). The van der Waals surface area contributed by atoms with Crippen molar-refractivity contribution >= 4 is 22.4 Å². The fourth-order valence-electron chi connectivity index (χ4n) is 2.66. The fourth-order valence-corrected chi connectivity index (χ4v) is 2.86. The molecule has 0 aliphatic heterocycles. The van der Waals surface area contributed by atoms with Crippen LogP contribution in [0.1, 0.15) is 5.56 Å². The molecule has 0 spiro atoms. The number of fused-ring (bicyclic) bond motifs is 1. The van der Waals surface area contributed by atoms with Crippen molar-refractivity contribution in [3.05, 3.63) is 83.9 Å². The summed E-state index contributed by atoms with van der Waals surface area (Å²) >= 11 is 6.15. The predicted octanol–water partition coefficient (Wildman–Crippen LogP) is 4.93. The van der Waals surface area contributed by atoms with Crippen LogP contribution in [0.5, 0.6) is 11.5 Å². The number of aromatic nitrogens is 3. The SMILES string of the molecule is Clc1ccc(Oc2cccc3ccccc23)c(Cn2cncn2)c1. The van der Waals surface area contributed by atoms with Gasteiger partial charge in [-0.1, -0.05) is 48.0 Å². The van der Waals surface area contributed by atoms with Gasteiger partial charge in [-0.2, -0.15) is 5.10 Å². The number of halogens is 1. The molecule has 118 valence electrons. The lowest BCUT2D eigenvalue weighted by atomic mass is 10.1. The highest BCUT2D eigenvalue weighted by Crippen LogP contribution is 2.33. The van der Waals surface area contributed by atoms with E-state index in [0.717, 1.165) is 27.8 Å². The third kappa shape index (κ3) is 2.96. The summed E-state index contributed by atoms with van der Waals surface area (Å²) in [5.74, 6) is 1.57. The molecule has 0 saturated heterocycles. The quantitative estimate of drug-likeness (QED) is 0.531. The van der Waals surface area contributed by atoms with Crippen LogP contribution in [0.4, 0.5) is 0 Å². The number of hydrogen-bond donors (Lipinski definition) is 0. The minimum atomic E-state index is 0.542. The molecule has 0 atom stereocenters. The van der Waals surface area contributed by atoms with Crippen LogP contribution in [-0.2, 0) is 6.54 Å². The molecule has 3 aromatic carbocycles. The highest BCUT2D eigenvalue weighted by atomic mass is 35.5. The van der Waals surface area contributed by atoms with Crippen molar-refractivity contribution in [1.82, 2.24) is 14.8 Å². The van der Waals surface area contributed by atoms with Gasteiger partial charge in [0, 0.05) is 16.0 Å². The highest BCUT2D eigenvalue weighted by Gasteiger charge is 2.09. The van der Waals surface area contributed by atoms with Gasteiger partial charge in [-0.25, -0.2) is 9.67 Å². The molecular weight excluding hydrogens is 322 g/mol. The van der Waals surface area contributed by atoms with Gasteiger partial charge in [-0.3, -0.25) is 0 Å². The van der Waals surface area contributed by atoms with Crippen molar-refractivity contribution in [3.8, 4) is 11.5 Å². The lowest BCUT2D eigenvalue weighted by molar-refractivity contribution is 0.477. The van der Waals surface area contributed by atoms with Crippen molar-refractivity contribution in [1.29, 1.82) is 0 Å². The van der Waals surface area contributed by atoms with Crippen LogP contribution in [0.3, 0.4) is 0 Å². The Morgan fingerprint density at radius 2 is 1.83 bits per heavy atom. The summed E-state index contributed by atoms with van der Waals surface area (Å²) in [6.07, 6.45) is 3.18. The van der Waals surface area contributed by atoms with Gasteiger partial charge in [-0.15, -0.1) is 0 Å². The second-order valence-electron chi connectivity index (χ2n) is 5.42. The van der Waals surface area contributed by atoms with E-state index >= 15 is 0 Å². The maximum absolute atomic E-state index is 6.21. The molecule has 0 saturated carbocycles. The topological polar surface area (TPSA) is 39.9 Å². The average molecular weight is 336 g/mol. The molecule has 0 fully saturated rings. The Hall–Kier alpha value is -2.85. The Kier molecular flexibility index (Phi) is 3.89. The lowest BCUT2D eigenvalue weighted by Crippen LogP contribution is -2.02. The second kappa shape index (κ2) is 6.34. The number of benzene rings is 3. The van der Waals surface area contributed by atoms with E-state index in [1.807, 2.05) is 42.5 Å². The number of hydrogen-bond acceptors (Lipinski definition) is 3. The first-order valence-corrected chi connectivity index (χ1v) is 7.94. The molecule has 1 aromatic heterocycles. The Morgan fingerprint density at radius 1 is 0.958 bits per heavy atom. The Morgan fingerprint density at radius 3 is 2.71 bits per heavy atom. The summed E-state index contributed by atoms with van der Waals surface area (Å²) in [5, 5.41) is 7.02. The van der Waals surface area contributed by atoms with Gasteiger partial charge in [-0.05, 0) is 29.7 Å². The van der Waals surface area contributed by atoms with Gasteiger partial charge in [0.15, 0.2) is 0 Å². The van der Waals surface area contributed by atoms with Crippen molar-refractivity contribution in [2.75, 3.05) is 0 Å². The molecule has 4 aromatic rings. The summed E-state index contributed by atoms with van der Waals surface area (Å²) in [6, 6.07) is 19.8. The molecule has 0 amide bonds. The van der Waals surface area contributed by atoms with Crippen molar-refractivity contribution < 1.29 is 4.74 Å². The summed E-state index contributed by atoms with van der Waals surface area (Å²) in [6.45, 7) is 0.542. The van der Waals surface area contributed by atoms with Gasteiger partial charge in [0.2, 0.25) is 0 Å². The van der Waals surface area contributed by atoms with Gasteiger partial charge < -0.3 is 4.74 Å². The third-order valence-electron chi connectivity index (χ3n) is 3.79. The van der Waals surface area contributed by atoms with E-state index in [9.17, 15) is 0 Å². The van der Waals surface area contributed by atoms with E-state index < -0.39 is 0 Å². The normalized spacial score (nSPS) is 10.9. The van der Waals surface area contributed by atoms with Crippen LogP contribution in [-0.4, -0.2) is 14.8 Å². The van der Waals surface area contributed by atoms with Crippen LogP contribution >= 0.6 is 11.6 Å². The molecule has 0 unspecified atom stereocenters. The molecular formula is C19H14ClN3O. The zero-order chi connectivity index (χ0) is 16.4. The third-order valence-corrected chi connectivity index (χ3v) is 4.03. The molecule has 4 nitrogen and oxygen atoms in total. The van der Waals surface area contributed by atoms with E-state index in [0.29, 0.717) is 11.6 Å². The minimum Gasteiger partial charge on any atom is -0.456 e. The monoisotopic (exact) mass is 335 g/mol. The predicted molar refractivity (Wildman–Crippen MR) is 94.6 cm³/mol. The van der Waals surface area contributed by atoms with Crippen LogP contribution < -0.4 is 4.74 Å². The first-order chi connectivity index (χ1) is 11.8. The van der Waals surface area contributed by atoms with Gasteiger partial charge >= 0.3 is 0 Å². The maximum Gasteiger partial charge on any atom is 0.137 e. The molecule has 0 aliphatic rings. The maximum atomic E-state index is 6.21. The van der Waals surface area contributed by atoms with E-state index in [-0.39, 0.29) is 0 Å².